The topological polar surface area (TPSA) is 80.8 Å². The van der Waals surface area contributed by atoms with Crippen molar-refractivity contribution in [3.05, 3.63) is 64.0 Å². The first-order valence-corrected chi connectivity index (χ1v) is 9.08. The van der Waals surface area contributed by atoms with Gasteiger partial charge in [0.2, 0.25) is 0 Å². The van der Waals surface area contributed by atoms with Crippen LogP contribution in [0.5, 0.6) is 0 Å². The van der Waals surface area contributed by atoms with Crippen LogP contribution in [0.4, 0.5) is 15.2 Å². The molecule has 1 heterocycles. The first-order valence-electron chi connectivity index (χ1n) is 8.26. The van der Waals surface area contributed by atoms with E-state index in [2.05, 4.69) is 4.98 Å². The lowest BCUT2D eigenvalue weighted by molar-refractivity contribution is -0.856. The number of rotatable bonds is 6. The Morgan fingerprint density at radius 2 is 1.96 bits per heavy atom. The highest BCUT2D eigenvalue weighted by atomic mass is 32.1. The lowest BCUT2D eigenvalue weighted by atomic mass is 10.2. The average Bonchev–Trinajstić information content (AvgIpc) is 3.04. The van der Waals surface area contributed by atoms with E-state index in [-0.39, 0.29) is 17.4 Å². The highest BCUT2D eigenvalue weighted by Gasteiger charge is 2.23. The summed E-state index contributed by atoms with van der Waals surface area (Å²) in [6.07, 6.45) is 0. The second-order valence-electron chi connectivity index (χ2n) is 6.33. The van der Waals surface area contributed by atoms with Crippen LogP contribution < -0.4 is 9.80 Å². The highest BCUT2D eigenvalue weighted by Crippen LogP contribution is 2.30. The number of fused-ring (bicyclic) bond motifs is 1. The van der Waals surface area contributed by atoms with Crippen molar-refractivity contribution in [1.29, 1.82) is 0 Å². The van der Waals surface area contributed by atoms with E-state index < -0.39 is 4.92 Å². The number of nitro benzene ring substituents is 1. The largest absolute Gasteiger partial charge is 0.338 e. The number of anilines is 1. The molecule has 9 heteroatoms. The molecule has 0 spiro atoms. The van der Waals surface area contributed by atoms with Crippen LogP contribution in [0.1, 0.15) is 10.4 Å². The number of quaternary nitrogens is 1. The first kappa shape index (κ1) is 18.9. The Hall–Kier alpha value is -2.91. The Kier molecular flexibility index (Phi) is 5.43. The summed E-state index contributed by atoms with van der Waals surface area (Å²) in [4.78, 5) is 30.5. The minimum Gasteiger partial charge on any atom is -0.338 e. The van der Waals surface area contributed by atoms with Crippen LogP contribution in [0.2, 0.25) is 0 Å². The quantitative estimate of drug-likeness (QED) is 0.517. The highest BCUT2D eigenvalue weighted by molar-refractivity contribution is 7.22. The molecule has 0 aliphatic carbocycles. The van der Waals surface area contributed by atoms with E-state index in [4.69, 9.17) is 0 Å². The maximum absolute atomic E-state index is 13.5. The summed E-state index contributed by atoms with van der Waals surface area (Å²) in [5.41, 5.74) is 0.876. The molecule has 0 aliphatic heterocycles. The molecule has 3 aromatic rings. The normalized spacial score (nSPS) is 11.1. The third-order valence-corrected chi connectivity index (χ3v) is 5.02. The van der Waals surface area contributed by atoms with Crippen molar-refractivity contribution in [2.75, 3.05) is 32.1 Å². The fourth-order valence-electron chi connectivity index (χ4n) is 2.50. The van der Waals surface area contributed by atoms with E-state index in [1.807, 2.05) is 14.1 Å². The van der Waals surface area contributed by atoms with Gasteiger partial charge in [-0.3, -0.25) is 19.8 Å². The summed E-state index contributed by atoms with van der Waals surface area (Å²) in [7, 11) is 3.95. The van der Waals surface area contributed by atoms with Gasteiger partial charge in [-0.1, -0.05) is 11.3 Å². The number of hydrogen-bond acceptors (Lipinski definition) is 5. The summed E-state index contributed by atoms with van der Waals surface area (Å²) in [5.74, 6) is -0.658. The van der Waals surface area contributed by atoms with Crippen LogP contribution in [0, 0.1) is 15.9 Å². The van der Waals surface area contributed by atoms with Gasteiger partial charge in [0.05, 0.1) is 42.3 Å². The van der Waals surface area contributed by atoms with Crippen LogP contribution >= 0.6 is 11.3 Å². The monoisotopic (exact) mass is 389 g/mol. The zero-order valence-corrected chi connectivity index (χ0v) is 15.6. The van der Waals surface area contributed by atoms with Gasteiger partial charge in [0.25, 0.3) is 11.6 Å². The molecular formula is C18H18FN4O3S+. The summed E-state index contributed by atoms with van der Waals surface area (Å²) in [6, 6.07) is 9.77. The van der Waals surface area contributed by atoms with Crippen LogP contribution in [0.3, 0.4) is 0 Å². The number of non-ortho nitro benzene ring substituents is 1. The van der Waals surface area contributed by atoms with Gasteiger partial charge in [0.15, 0.2) is 5.13 Å². The molecule has 140 valence electrons. The summed E-state index contributed by atoms with van der Waals surface area (Å²) in [5, 5.41) is 11.3. The second-order valence-corrected chi connectivity index (χ2v) is 7.34. The molecule has 0 saturated carbocycles. The first-order chi connectivity index (χ1) is 12.8. The number of nitrogens with one attached hydrogen (secondary N) is 1. The maximum atomic E-state index is 13.5. The van der Waals surface area contributed by atoms with Gasteiger partial charge in [-0.05, 0) is 30.3 Å². The van der Waals surface area contributed by atoms with Crippen molar-refractivity contribution in [2.24, 2.45) is 0 Å². The summed E-state index contributed by atoms with van der Waals surface area (Å²) < 4.78 is 14.1. The van der Waals surface area contributed by atoms with Crippen LogP contribution in [-0.4, -0.2) is 43.0 Å². The zero-order chi connectivity index (χ0) is 19.6. The van der Waals surface area contributed by atoms with Gasteiger partial charge >= 0.3 is 0 Å². The van der Waals surface area contributed by atoms with E-state index in [9.17, 15) is 19.3 Å². The number of benzene rings is 2. The molecule has 1 aromatic heterocycles. The number of nitro groups is 1. The van der Waals surface area contributed by atoms with Gasteiger partial charge in [-0.25, -0.2) is 9.37 Å². The second kappa shape index (κ2) is 7.77. The molecule has 0 fully saturated rings. The number of thiazole rings is 1. The van der Waals surface area contributed by atoms with Gasteiger partial charge in [-0.15, -0.1) is 0 Å². The molecule has 0 radical (unpaired) electrons. The predicted octanol–water partition coefficient (Wildman–Crippen LogP) is 2.13. The Morgan fingerprint density at radius 3 is 2.59 bits per heavy atom. The van der Waals surface area contributed by atoms with Crippen molar-refractivity contribution >= 4 is 38.3 Å². The van der Waals surface area contributed by atoms with E-state index in [1.54, 1.807) is 6.07 Å². The van der Waals surface area contributed by atoms with E-state index >= 15 is 0 Å². The maximum Gasteiger partial charge on any atom is 0.269 e. The number of halogens is 1. The van der Waals surface area contributed by atoms with Crippen molar-refractivity contribution in [3.8, 4) is 0 Å². The van der Waals surface area contributed by atoms with E-state index in [1.165, 1.54) is 52.6 Å². The van der Waals surface area contributed by atoms with Crippen LogP contribution in [0.15, 0.2) is 42.5 Å². The van der Waals surface area contributed by atoms with Crippen molar-refractivity contribution in [1.82, 2.24) is 4.98 Å². The molecule has 1 amide bonds. The molecule has 1 N–H and O–H groups in total. The smallest absolute Gasteiger partial charge is 0.269 e. The molecule has 0 atom stereocenters. The molecule has 0 bridgehead atoms. The molecule has 3 rings (SSSR count). The number of carbonyl (C=O) groups is 1. The minimum atomic E-state index is -0.510. The van der Waals surface area contributed by atoms with Crippen molar-refractivity contribution in [3.63, 3.8) is 0 Å². The lowest BCUT2D eigenvalue weighted by Crippen LogP contribution is -3.06. The summed E-state index contributed by atoms with van der Waals surface area (Å²) in [6.45, 7) is 1.10. The van der Waals surface area contributed by atoms with E-state index in [0.717, 1.165) is 4.90 Å². The average molecular weight is 389 g/mol. The number of amides is 1. The minimum absolute atomic E-state index is 0.0775. The fourth-order valence-corrected chi connectivity index (χ4v) is 3.52. The van der Waals surface area contributed by atoms with Crippen LogP contribution in [0.25, 0.3) is 10.2 Å². The molecule has 0 aliphatic rings. The molecule has 2 aromatic carbocycles. The Labute approximate surface area is 158 Å². The van der Waals surface area contributed by atoms with Gasteiger partial charge < -0.3 is 4.90 Å². The number of nitrogens with zero attached hydrogens (tertiary/aromatic N) is 3. The molecule has 0 unspecified atom stereocenters. The van der Waals surface area contributed by atoms with E-state index in [0.29, 0.717) is 34.0 Å². The van der Waals surface area contributed by atoms with Gasteiger partial charge in [0.1, 0.15) is 5.82 Å². The van der Waals surface area contributed by atoms with Crippen molar-refractivity contribution in [2.45, 2.75) is 0 Å². The lowest BCUT2D eigenvalue weighted by Gasteiger charge is -2.20. The number of hydrogen-bond donors (Lipinski definition) is 1. The van der Waals surface area contributed by atoms with Gasteiger partial charge in [0, 0.05) is 17.7 Å². The molecule has 0 saturated heterocycles. The number of carbonyl (C=O) groups excluding carboxylic acids is 1. The van der Waals surface area contributed by atoms with Crippen LogP contribution in [-0.2, 0) is 0 Å². The van der Waals surface area contributed by atoms with Gasteiger partial charge in [-0.2, -0.15) is 0 Å². The molecule has 7 nitrogen and oxygen atoms in total. The molecule has 27 heavy (non-hydrogen) atoms. The van der Waals surface area contributed by atoms with Crippen molar-refractivity contribution < 1.29 is 19.0 Å². The molecular weight excluding hydrogens is 371 g/mol. The summed E-state index contributed by atoms with van der Waals surface area (Å²) >= 11 is 1.24. The SMILES string of the molecule is C[NH+](C)CCN(C(=O)c1ccc([N+](=O)[O-])cc1)c1nc2ccc(F)cc2s1. The third kappa shape index (κ3) is 4.26. The number of likely N-dealkylation sites (N-methyl/N-ethyl adjacent to an activating group) is 1. The standard InChI is InChI=1S/C18H17FN4O3S/c1-21(2)9-10-22(17(24)12-3-6-14(7-4-12)23(25)26)18-20-15-8-5-13(19)11-16(15)27-18/h3-8,11H,9-10H2,1-2H3/p+1. The third-order valence-electron chi connectivity index (χ3n) is 3.98. The fraction of sp³-hybridized carbons (Fsp3) is 0.222. The Morgan fingerprint density at radius 1 is 1.26 bits per heavy atom. The predicted molar refractivity (Wildman–Crippen MR) is 102 cm³/mol. The number of aromatic nitrogens is 1. The Balaban J connectivity index is 1.95. The Bertz CT molecular complexity index is 988. The zero-order valence-electron chi connectivity index (χ0n) is 14.8.